The first-order valence-corrected chi connectivity index (χ1v) is 12.8. The van der Waals surface area contributed by atoms with Crippen molar-refractivity contribution in [3.05, 3.63) is 44.7 Å². The predicted octanol–water partition coefficient (Wildman–Crippen LogP) is 3.54. The van der Waals surface area contributed by atoms with Crippen LogP contribution in [0.15, 0.2) is 28.0 Å². The summed E-state index contributed by atoms with van der Waals surface area (Å²) in [4.78, 5) is 38.2. The molecule has 9 heteroatoms. The van der Waals surface area contributed by atoms with Crippen LogP contribution in [0.25, 0.3) is 11.7 Å². The third kappa shape index (κ3) is 5.00. The highest BCUT2D eigenvalue weighted by Crippen LogP contribution is 2.34. The number of pyridine rings is 1. The molecule has 1 amide bonds. The molecule has 0 N–H and O–H groups in total. The summed E-state index contributed by atoms with van der Waals surface area (Å²) in [5, 5.41) is 0. The Labute approximate surface area is 204 Å². The largest absolute Gasteiger partial charge is 0.353 e. The van der Waals surface area contributed by atoms with Crippen molar-refractivity contribution in [3.8, 4) is 0 Å². The van der Waals surface area contributed by atoms with Gasteiger partial charge in [0.15, 0.2) is 0 Å². The van der Waals surface area contributed by atoms with E-state index in [4.69, 9.17) is 17.2 Å². The van der Waals surface area contributed by atoms with Crippen LogP contribution >= 0.6 is 24.0 Å². The average Bonchev–Trinajstić information content (AvgIpc) is 3.06. The molecule has 0 atom stereocenters. The van der Waals surface area contributed by atoms with Crippen LogP contribution in [0, 0.1) is 6.92 Å². The molecule has 4 rings (SSSR count). The monoisotopic (exact) mass is 485 g/mol. The Kier molecular flexibility index (Phi) is 7.51. The second kappa shape index (κ2) is 10.4. The summed E-state index contributed by atoms with van der Waals surface area (Å²) in [5.74, 6) is 0.537. The second-order valence-corrected chi connectivity index (χ2v) is 10.4. The highest BCUT2D eigenvalue weighted by molar-refractivity contribution is 8.26. The number of piperazine rings is 1. The summed E-state index contributed by atoms with van der Waals surface area (Å²) in [6.07, 6.45) is 7.75. The average molecular weight is 486 g/mol. The predicted molar refractivity (Wildman–Crippen MR) is 140 cm³/mol. The highest BCUT2D eigenvalue weighted by Gasteiger charge is 2.32. The molecular weight excluding hydrogens is 454 g/mol. The third-order valence-electron chi connectivity index (χ3n) is 6.25. The van der Waals surface area contributed by atoms with Gasteiger partial charge in [0, 0.05) is 38.9 Å². The molecule has 33 heavy (non-hydrogen) atoms. The Morgan fingerprint density at radius 2 is 1.91 bits per heavy atom. The number of anilines is 1. The molecule has 2 aromatic rings. The fourth-order valence-corrected chi connectivity index (χ4v) is 5.50. The molecule has 2 saturated heterocycles. The Morgan fingerprint density at radius 3 is 2.64 bits per heavy atom. The molecule has 0 unspecified atom stereocenters. The van der Waals surface area contributed by atoms with E-state index in [1.165, 1.54) is 11.8 Å². The van der Waals surface area contributed by atoms with Gasteiger partial charge in [-0.3, -0.25) is 18.9 Å². The number of thioether (sulfide) groups is 1. The molecule has 7 nitrogen and oxygen atoms in total. The van der Waals surface area contributed by atoms with Gasteiger partial charge in [-0.1, -0.05) is 56.2 Å². The van der Waals surface area contributed by atoms with E-state index in [0.717, 1.165) is 57.4 Å². The van der Waals surface area contributed by atoms with Crippen molar-refractivity contribution in [1.82, 2.24) is 19.2 Å². The molecule has 0 bridgehead atoms. The molecule has 2 aromatic heterocycles. The molecule has 2 aliphatic heterocycles. The van der Waals surface area contributed by atoms with Gasteiger partial charge in [-0.2, -0.15) is 0 Å². The van der Waals surface area contributed by atoms with E-state index in [2.05, 4.69) is 23.8 Å². The maximum Gasteiger partial charge on any atom is 0.267 e. The Bertz CT molecular complexity index is 1150. The fourth-order valence-electron chi connectivity index (χ4n) is 4.21. The Hall–Kier alpha value is -2.23. The van der Waals surface area contributed by atoms with E-state index in [-0.39, 0.29) is 11.5 Å². The zero-order valence-electron chi connectivity index (χ0n) is 19.5. The second-order valence-electron chi connectivity index (χ2n) is 8.72. The maximum atomic E-state index is 13.6. The first kappa shape index (κ1) is 23.9. The summed E-state index contributed by atoms with van der Waals surface area (Å²) < 4.78 is 2.14. The van der Waals surface area contributed by atoms with Crippen LogP contribution in [0.1, 0.15) is 43.7 Å². The lowest BCUT2D eigenvalue weighted by Crippen LogP contribution is -2.45. The number of aryl methyl sites for hydroxylation is 1. The normalized spacial score (nSPS) is 18.8. The Balaban J connectivity index is 1.73. The lowest BCUT2D eigenvalue weighted by molar-refractivity contribution is -0.122. The molecule has 0 radical (unpaired) electrons. The minimum atomic E-state index is -0.161. The van der Waals surface area contributed by atoms with Crippen molar-refractivity contribution in [1.29, 1.82) is 0 Å². The van der Waals surface area contributed by atoms with Crippen molar-refractivity contribution in [3.63, 3.8) is 0 Å². The Morgan fingerprint density at radius 1 is 1.15 bits per heavy atom. The molecule has 4 heterocycles. The van der Waals surface area contributed by atoms with E-state index in [9.17, 15) is 9.59 Å². The highest BCUT2D eigenvalue weighted by atomic mass is 32.2. The number of amides is 1. The SMILES string of the molecule is CCCCCCN1C(=O)/C(=C/c2c(N3CCN(C)CC3)nc3c(C)cccn3c2=O)SC1=S. The number of likely N-dealkylation sites (N-methyl/N-ethyl adjacent to an activating group) is 1. The van der Waals surface area contributed by atoms with Crippen molar-refractivity contribution in [2.45, 2.75) is 39.5 Å². The summed E-state index contributed by atoms with van der Waals surface area (Å²) in [6.45, 7) is 8.11. The molecule has 0 saturated carbocycles. The van der Waals surface area contributed by atoms with E-state index >= 15 is 0 Å². The van der Waals surface area contributed by atoms with Gasteiger partial charge in [-0.05, 0) is 38.1 Å². The van der Waals surface area contributed by atoms with E-state index in [1.54, 1.807) is 21.6 Å². The number of thiocarbonyl (C=S) groups is 1. The van der Waals surface area contributed by atoms with E-state index < -0.39 is 0 Å². The van der Waals surface area contributed by atoms with Gasteiger partial charge >= 0.3 is 0 Å². The summed E-state index contributed by atoms with van der Waals surface area (Å²) >= 11 is 6.78. The summed E-state index contributed by atoms with van der Waals surface area (Å²) in [5.41, 5.74) is 1.88. The summed E-state index contributed by atoms with van der Waals surface area (Å²) in [6, 6.07) is 3.80. The maximum absolute atomic E-state index is 13.6. The zero-order chi connectivity index (χ0) is 23.5. The van der Waals surface area contributed by atoms with Crippen LogP contribution in [-0.2, 0) is 4.79 Å². The standard InChI is InChI=1S/C24H31N5O2S2/c1-4-5-6-7-10-29-23(31)19(33-24(29)32)16-18-21(27-14-12-26(3)13-15-27)25-20-17(2)9-8-11-28(20)22(18)30/h8-9,11,16H,4-7,10,12-15H2,1-3H3/b19-16-. The molecule has 2 fully saturated rings. The number of rotatable bonds is 7. The minimum Gasteiger partial charge on any atom is -0.353 e. The molecule has 176 valence electrons. The molecule has 2 aliphatic rings. The van der Waals surface area contributed by atoms with Crippen molar-refractivity contribution in [2.24, 2.45) is 0 Å². The topological polar surface area (TPSA) is 61.2 Å². The van der Waals surface area contributed by atoms with Gasteiger partial charge < -0.3 is 9.80 Å². The van der Waals surface area contributed by atoms with Crippen LogP contribution in [0.4, 0.5) is 5.82 Å². The number of hydrogen-bond donors (Lipinski definition) is 0. The lowest BCUT2D eigenvalue weighted by atomic mass is 10.2. The van der Waals surface area contributed by atoms with Crippen LogP contribution in [0.2, 0.25) is 0 Å². The van der Waals surface area contributed by atoms with Crippen LogP contribution in [0.5, 0.6) is 0 Å². The van der Waals surface area contributed by atoms with Gasteiger partial charge in [0.1, 0.15) is 15.8 Å². The molecule has 0 aliphatic carbocycles. The number of aromatic nitrogens is 2. The fraction of sp³-hybridized carbons (Fsp3) is 0.500. The lowest BCUT2D eigenvalue weighted by Gasteiger charge is -2.34. The van der Waals surface area contributed by atoms with E-state index in [0.29, 0.717) is 32.8 Å². The van der Waals surface area contributed by atoms with Crippen molar-refractivity contribution in [2.75, 3.05) is 44.7 Å². The smallest absolute Gasteiger partial charge is 0.267 e. The summed E-state index contributed by atoms with van der Waals surface area (Å²) in [7, 11) is 2.09. The van der Waals surface area contributed by atoms with Gasteiger partial charge in [0.25, 0.3) is 11.5 Å². The van der Waals surface area contributed by atoms with Crippen molar-refractivity contribution >= 4 is 51.7 Å². The zero-order valence-corrected chi connectivity index (χ0v) is 21.2. The number of unbranched alkanes of at least 4 members (excludes halogenated alkanes) is 3. The number of carbonyl (C=O) groups excluding carboxylic acids is 1. The van der Waals surface area contributed by atoms with E-state index in [1.807, 2.05) is 19.1 Å². The third-order valence-corrected chi connectivity index (χ3v) is 7.63. The number of fused-ring (bicyclic) bond motifs is 1. The first-order valence-electron chi connectivity index (χ1n) is 11.6. The van der Waals surface area contributed by atoms with Crippen LogP contribution < -0.4 is 10.5 Å². The number of carbonyl (C=O) groups is 1. The van der Waals surface area contributed by atoms with Crippen LogP contribution in [0.3, 0.4) is 0 Å². The van der Waals surface area contributed by atoms with Gasteiger partial charge in [-0.25, -0.2) is 4.98 Å². The quantitative estimate of drug-likeness (QED) is 0.338. The first-order chi connectivity index (χ1) is 15.9. The molecular formula is C24H31N5O2S2. The molecule has 0 spiro atoms. The van der Waals surface area contributed by atoms with Crippen molar-refractivity contribution < 1.29 is 4.79 Å². The van der Waals surface area contributed by atoms with Gasteiger partial charge in [0.2, 0.25) is 0 Å². The molecule has 0 aromatic carbocycles. The van der Waals surface area contributed by atoms with Crippen LogP contribution in [-0.4, -0.2) is 69.2 Å². The van der Waals surface area contributed by atoms with Gasteiger partial charge in [0.05, 0.1) is 10.5 Å². The number of hydrogen-bond acceptors (Lipinski definition) is 7. The number of nitrogens with zero attached hydrogens (tertiary/aromatic N) is 5. The van der Waals surface area contributed by atoms with Gasteiger partial charge in [-0.15, -0.1) is 0 Å². The minimum absolute atomic E-state index is 0.112.